The molecule has 0 spiro atoms. The summed E-state index contributed by atoms with van der Waals surface area (Å²) in [6.45, 7) is 4.11. The van der Waals surface area contributed by atoms with Crippen molar-refractivity contribution in [3.8, 4) is 0 Å². The van der Waals surface area contributed by atoms with Crippen LogP contribution in [0.3, 0.4) is 0 Å². The van der Waals surface area contributed by atoms with Crippen LogP contribution in [0.5, 0.6) is 0 Å². The lowest BCUT2D eigenvalue weighted by molar-refractivity contribution is 0.000482. The summed E-state index contributed by atoms with van der Waals surface area (Å²) < 4.78 is 11.2. The highest BCUT2D eigenvalue weighted by molar-refractivity contribution is 4.82. The smallest absolute Gasteiger partial charge is 0.104 e. The van der Waals surface area contributed by atoms with Crippen LogP contribution in [0.25, 0.3) is 0 Å². The molecule has 2 nitrogen and oxygen atoms in total. The summed E-state index contributed by atoms with van der Waals surface area (Å²) in [5.74, 6) is 3.10. The van der Waals surface area contributed by atoms with Gasteiger partial charge >= 0.3 is 0 Å². The lowest BCUT2D eigenvalue weighted by atomic mass is 9.70. The van der Waals surface area contributed by atoms with Crippen molar-refractivity contribution in [2.75, 3.05) is 13.2 Å². The molecule has 0 radical (unpaired) electrons. The highest BCUT2D eigenvalue weighted by Gasteiger charge is 2.32. The summed E-state index contributed by atoms with van der Waals surface area (Å²) in [7, 11) is 0. The van der Waals surface area contributed by atoms with E-state index < -0.39 is 0 Å². The molecule has 3 rings (SSSR count). The van der Waals surface area contributed by atoms with Gasteiger partial charge in [-0.1, -0.05) is 32.6 Å². The molecule has 1 unspecified atom stereocenters. The molecule has 2 heteroatoms. The topological polar surface area (TPSA) is 21.8 Å². The summed E-state index contributed by atoms with van der Waals surface area (Å²) in [4.78, 5) is 0. The highest BCUT2D eigenvalue weighted by atomic mass is 16.6. The lowest BCUT2D eigenvalue weighted by Crippen LogP contribution is -2.29. The van der Waals surface area contributed by atoms with E-state index in [0.29, 0.717) is 12.2 Å². The molecule has 20 heavy (non-hydrogen) atoms. The van der Waals surface area contributed by atoms with Crippen molar-refractivity contribution in [2.45, 2.75) is 83.3 Å². The van der Waals surface area contributed by atoms with Gasteiger partial charge in [-0.05, 0) is 56.3 Å². The zero-order chi connectivity index (χ0) is 13.8. The Morgan fingerprint density at radius 3 is 2.05 bits per heavy atom. The fraction of sp³-hybridized carbons (Fsp3) is 1.00. The van der Waals surface area contributed by atoms with Crippen LogP contribution < -0.4 is 0 Å². The van der Waals surface area contributed by atoms with Gasteiger partial charge in [0.15, 0.2) is 0 Å². The minimum absolute atomic E-state index is 0.432. The molecule has 1 aliphatic heterocycles. The third-order valence-corrected chi connectivity index (χ3v) is 5.89. The Balaban J connectivity index is 1.33. The Bertz CT molecular complexity index is 271. The summed E-state index contributed by atoms with van der Waals surface area (Å²) in [6.07, 6.45) is 15.3. The minimum atomic E-state index is 0.432. The second kappa shape index (κ2) is 7.26. The van der Waals surface area contributed by atoms with Crippen LogP contribution in [0.1, 0.15) is 71.1 Å². The van der Waals surface area contributed by atoms with Crippen molar-refractivity contribution in [3.63, 3.8) is 0 Å². The van der Waals surface area contributed by atoms with E-state index in [1.165, 1.54) is 64.2 Å². The van der Waals surface area contributed by atoms with Crippen molar-refractivity contribution in [1.29, 1.82) is 0 Å². The maximum atomic E-state index is 5.97. The molecule has 1 saturated heterocycles. The first-order valence-corrected chi connectivity index (χ1v) is 9.08. The van der Waals surface area contributed by atoms with Crippen molar-refractivity contribution < 1.29 is 9.47 Å². The molecule has 116 valence electrons. The number of ether oxygens (including phenoxy) is 2. The Morgan fingerprint density at radius 1 is 0.900 bits per heavy atom. The second-order valence-electron chi connectivity index (χ2n) is 7.39. The Labute approximate surface area is 124 Å². The molecule has 2 saturated carbocycles. The summed E-state index contributed by atoms with van der Waals surface area (Å²) in [5.41, 5.74) is 0. The highest BCUT2D eigenvalue weighted by Crippen LogP contribution is 2.41. The van der Waals surface area contributed by atoms with Gasteiger partial charge in [-0.2, -0.15) is 0 Å². The van der Waals surface area contributed by atoms with Gasteiger partial charge in [0.25, 0.3) is 0 Å². The van der Waals surface area contributed by atoms with Crippen molar-refractivity contribution in [1.82, 2.24) is 0 Å². The monoisotopic (exact) mass is 280 g/mol. The predicted octanol–water partition coefficient (Wildman–Crippen LogP) is 4.57. The van der Waals surface area contributed by atoms with Gasteiger partial charge in [-0.3, -0.25) is 0 Å². The van der Waals surface area contributed by atoms with Crippen molar-refractivity contribution in [2.24, 2.45) is 17.8 Å². The average Bonchev–Trinajstić information content (AvgIpc) is 3.31. The first-order chi connectivity index (χ1) is 9.85. The van der Waals surface area contributed by atoms with Crippen LogP contribution in [0.4, 0.5) is 0 Å². The molecule has 1 atom stereocenters. The molecular formula is C18H32O2. The van der Waals surface area contributed by atoms with Gasteiger partial charge in [-0.15, -0.1) is 0 Å². The van der Waals surface area contributed by atoms with Crippen molar-refractivity contribution in [3.05, 3.63) is 0 Å². The van der Waals surface area contributed by atoms with E-state index in [9.17, 15) is 0 Å². The van der Waals surface area contributed by atoms with Gasteiger partial charge in [-0.25, -0.2) is 0 Å². The quantitative estimate of drug-likeness (QED) is 0.665. The minimum Gasteiger partial charge on any atom is -0.375 e. The van der Waals surface area contributed by atoms with Crippen LogP contribution in [0.2, 0.25) is 0 Å². The van der Waals surface area contributed by atoms with E-state index in [1.807, 2.05) is 0 Å². The average molecular weight is 280 g/mol. The van der Waals surface area contributed by atoms with Gasteiger partial charge in [0, 0.05) is 0 Å². The summed E-state index contributed by atoms with van der Waals surface area (Å²) >= 11 is 0. The fourth-order valence-electron chi connectivity index (χ4n) is 4.49. The second-order valence-corrected chi connectivity index (χ2v) is 7.39. The predicted molar refractivity (Wildman–Crippen MR) is 81.8 cm³/mol. The maximum Gasteiger partial charge on any atom is 0.104 e. The lowest BCUT2D eigenvalue weighted by Gasteiger charge is -2.37. The Kier molecular flexibility index (Phi) is 5.39. The third-order valence-electron chi connectivity index (χ3n) is 5.89. The summed E-state index contributed by atoms with van der Waals surface area (Å²) in [6, 6.07) is 0. The van der Waals surface area contributed by atoms with Crippen LogP contribution in [0, 0.1) is 17.8 Å². The SMILES string of the molecule is CCCC1CCC(C2CCC(OCC3CO3)CC2)CC1. The first kappa shape index (κ1) is 14.8. The number of epoxide rings is 1. The fourth-order valence-corrected chi connectivity index (χ4v) is 4.49. The van der Waals surface area contributed by atoms with Gasteiger partial charge < -0.3 is 9.47 Å². The first-order valence-electron chi connectivity index (χ1n) is 9.08. The van der Waals surface area contributed by atoms with E-state index in [2.05, 4.69) is 6.92 Å². The van der Waals surface area contributed by atoms with E-state index in [1.54, 1.807) is 0 Å². The van der Waals surface area contributed by atoms with Crippen molar-refractivity contribution >= 4 is 0 Å². The summed E-state index contributed by atoms with van der Waals surface area (Å²) in [5, 5.41) is 0. The molecule has 0 bridgehead atoms. The molecule has 0 amide bonds. The van der Waals surface area contributed by atoms with Gasteiger partial charge in [0.1, 0.15) is 6.10 Å². The van der Waals surface area contributed by atoms with E-state index >= 15 is 0 Å². The molecular weight excluding hydrogens is 248 g/mol. The van der Waals surface area contributed by atoms with Crippen LogP contribution >= 0.6 is 0 Å². The van der Waals surface area contributed by atoms with Gasteiger partial charge in [0.2, 0.25) is 0 Å². The van der Waals surface area contributed by atoms with Crippen LogP contribution in [-0.2, 0) is 9.47 Å². The Morgan fingerprint density at radius 2 is 1.50 bits per heavy atom. The molecule has 1 heterocycles. The molecule has 2 aliphatic carbocycles. The Hall–Kier alpha value is -0.0800. The largest absolute Gasteiger partial charge is 0.375 e. The number of hydrogen-bond donors (Lipinski definition) is 0. The maximum absolute atomic E-state index is 5.97. The molecule has 3 fully saturated rings. The third kappa shape index (κ3) is 4.21. The molecule has 0 N–H and O–H groups in total. The molecule has 3 aliphatic rings. The number of hydrogen-bond acceptors (Lipinski definition) is 2. The molecule has 0 aromatic carbocycles. The molecule has 0 aromatic heterocycles. The van der Waals surface area contributed by atoms with E-state index in [-0.39, 0.29) is 0 Å². The molecule has 0 aromatic rings. The van der Waals surface area contributed by atoms with Crippen LogP contribution in [-0.4, -0.2) is 25.4 Å². The van der Waals surface area contributed by atoms with E-state index in [0.717, 1.165) is 31.0 Å². The normalized spacial score (nSPS) is 41.5. The van der Waals surface area contributed by atoms with E-state index in [4.69, 9.17) is 9.47 Å². The zero-order valence-corrected chi connectivity index (χ0v) is 13.2. The number of rotatable bonds is 6. The zero-order valence-electron chi connectivity index (χ0n) is 13.2. The standard InChI is InChI=1S/C18H32O2/c1-2-3-14-4-6-15(7-5-14)16-8-10-17(11-9-16)19-12-18-13-20-18/h14-18H,2-13H2,1H3. The van der Waals surface area contributed by atoms with Crippen LogP contribution in [0.15, 0.2) is 0 Å². The van der Waals surface area contributed by atoms with Gasteiger partial charge in [0.05, 0.1) is 19.3 Å².